The number of anilines is 1. The Labute approximate surface area is 94.3 Å². The van der Waals surface area contributed by atoms with E-state index in [2.05, 4.69) is 32.3 Å². The van der Waals surface area contributed by atoms with Gasteiger partial charge in [-0.05, 0) is 39.9 Å². The van der Waals surface area contributed by atoms with Gasteiger partial charge in [0.25, 0.3) is 6.01 Å². The van der Waals surface area contributed by atoms with Crippen LogP contribution in [0.4, 0.5) is 6.01 Å². The number of aromatic nitrogens is 1. The zero-order valence-electron chi connectivity index (χ0n) is 7.58. The second kappa shape index (κ2) is 4.14. The van der Waals surface area contributed by atoms with E-state index < -0.39 is 0 Å². The van der Waals surface area contributed by atoms with Crippen molar-refractivity contribution in [3.8, 4) is 0 Å². The van der Waals surface area contributed by atoms with Gasteiger partial charge in [-0.3, -0.25) is 0 Å². The van der Waals surface area contributed by atoms with Crippen LogP contribution in [-0.2, 0) is 6.54 Å². The lowest BCUT2D eigenvalue weighted by atomic mass is 10.3. The highest BCUT2D eigenvalue weighted by atomic mass is 79.9. The predicted octanol–water partition coefficient (Wildman–Crippen LogP) is 3.42. The SMILES string of the molecule is Cc1coc(NCc2ccsc2Br)n1. The molecule has 0 aromatic carbocycles. The third-order valence-electron chi connectivity index (χ3n) is 1.74. The van der Waals surface area contributed by atoms with Crippen molar-refractivity contribution in [2.24, 2.45) is 0 Å². The van der Waals surface area contributed by atoms with Crippen molar-refractivity contribution in [2.75, 3.05) is 5.32 Å². The summed E-state index contributed by atoms with van der Waals surface area (Å²) < 4.78 is 6.31. The first kappa shape index (κ1) is 9.73. The fraction of sp³-hybridized carbons (Fsp3) is 0.222. The Morgan fingerprint density at radius 1 is 1.64 bits per heavy atom. The Morgan fingerprint density at radius 3 is 3.07 bits per heavy atom. The van der Waals surface area contributed by atoms with Crippen molar-refractivity contribution in [2.45, 2.75) is 13.5 Å². The van der Waals surface area contributed by atoms with Gasteiger partial charge in [-0.2, -0.15) is 4.98 Å². The molecule has 0 saturated heterocycles. The Balaban J connectivity index is 1.98. The molecule has 2 aromatic rings. The summed E-state index contributed by atoms with van der Waals surface area (Å²) in [5.41, 5.74) is 2.10. The molecule has 0 aliphatic rings. The van der Waals surface area contributed by atoms with Crippen LogP contribution >= 0.6 is 27.3 Å². The van der Waals surface area contributed by atoms with Gasteiger partial charge in [0.2, 0.25) is 0 Å². The lowest BCUT2D eigenvalue weighted by molar-refractivity contribution is 0.570. The van der Waals surface area contributed by atoms with E-state index in [-0.39, 0.29) is 0 Å². The van der Waals surface area contributed by atoms with E-state index >= 15 is 0 Å². The topological polar surface area (TPSA) is 38.1 Å². The normalized spacial score (nSPS) is 10.4. The molecule has 2 aromatic heterocycles. The molecular formula is C9H9BrN2OS. The van der Waals surface area contributed by atoms with Crippen LogP contribution < -0.4 is 5.32 Å². The van der Waals surface area contributed by atoms with Gasteiger partial charge in [0.05, 0.1) is 9.48 Å². The fourth-order valence-electron chi connectivity index (χ4n) is 1.05. The van der Waals surface area contributed by atoms with Crippen LogP contribution in [0.15, 0.2) is 25.9 Å². The number of thiophene rings is 1. The maximum absolute atomic E-state index is 5.17. The third kappa shape index (κ3) is 2.16. The molecule has 0 amide bonds. The van der Waals surface area contributed by atoms with Gasteiger partial charge in [-0.25, -0.2) is 0 Å². The third-order valence-corrected chi connectivity index (χ3v) is 3.55. The first-order valence-corrected chi connectivity index (χ1v) is 5.81. The molecule has 2 heterocycles. The van der Waals surface area contributed by atoms with Crippen molar-refractivity contribution in [3.05, 3.63) is 32.8 Å². The van der Waals surface area contributed by atoms with Gasteiger partial charge in [0, 0.05) is 6.54 Å². The van der Waals surface area contributed by atoms with Gasteiger partial charge < -0.3 is 9.73 Å². The minimum absolute atomic E-state index is 0.570. The van der Waals surface area contributed by atoms with E-state index in [1.807, 2.05) is 12.3 Å². The lowest BCUT2D eigenvalue weighted by Crippen LogP contribution is -1.98. The van der Waals surface area contributed by atoms with Crippen molar-refractivity contribution < 1.29 is 4.42 Å². The highest BCUT2D eigenvalue weighted by Gasteiger charge is 2.03. The van der Waals surface area contributed by atoms with Crippen LogP contribution in [0.3, 0.4) is 0 Å². The molecule has 0 saturated carbocycles. The molecule has 0 fully saturated rings. The quantitative estimate of drug-likeness (QED) is 0.931. The summed E-state index contributed by atoms with van der Waals surface area (Å²) in [6.45, 7) is 2.62. The van der Waals surface area contributed by atoms with Crippen molar-refractivity contribution >= 4 is 33.3 Å². The molecule has 0 unspecified atom stereocenters. The molecule has 2 rings (SSSR count). The van der Waals surface area contributed by atoms with Crippen LogP contribution in [0.5, 0.6) is 0 Å². The first-order chi connectivity index (χ1) is 6.75. The molecule has 0 aliphatic carbocycles. The molecule has 0 atom stereocenters. The standard InChI is InChI=1S/C9H9BrN2OS/c1-6-5-13-9(12-6)11-4-7-2-3-14-8(7)10/h2-3,5H,4H2,1H3,(H,11,12). The summed E-state index contributed by atoms with van der Waals surface area (Å²) in [7, 11) is 0. The second-order valence-corrected chi connectivity index (χ2v) is 5.10. The van der Waals surface area contributed by atoms with Gasteiger partial charge in [-0.15, -0.1) is 11.3 Å². The first-order valence-electron chi connectivity index (χ1n) is 4.13. The predicted molar refractivity (Wildman–Crippen MR) is 60.6 cm³/mol. The maximum Gasteiger partial charge on any atom is 0.294 e. The Bertz CT molecular complexity index is 424. The van der Waals surface area contributed by atoms with E-state index in [1.165, 1.54) is 5.56 Å². The van der Waals surface area contributed by atoms with E-state index in [1.54, 1.807) is 17.6 Å². The number of rotatable bonds is 3. The fourth-order valence-corrected chi connectivity index (χ4v) is 2.29. The average molecular weight is 273 g/mol. The number of halogens is 1. The molecule has 74 valence electrons. The average Bonchev–Trinajstić information content (AvgIpc) is 2.72. The molecule has 1 N–H and O–H groups in total. The van der Waals surface area contributed by atoms with Crippen LogP contribution in [0, 0.1) is 6.92 Å². The number of nitrogens with one attached hydrogen (secondary N) is 1. The Kier molecular flexibility index (Phi) is 2.88. The second-order valence-electron chi connectivity index (χ2n) is 2.87. The Morgan fingerprint density at radius 2 is 2.50 bits per heavy atom. The van der Waals surface area contributed by atoms with Gasteiger partial charge in [-0.1, -0.05) is 0 Å². The van der Waals surface area contributed by atoms with Crippen molar-refractivity contribution in [1.82, 2.24) is 4.98 Å². The Hall–Kier alpha value is -0.810. The highest BCUT2D eigenvalue weighted by molar-refractivity contribution is 9.11. The summed E-state index contributed by atoms with van der Waals surface area (Å²) in [4.78, 5) is 4.15. The van der Waals surface area contributed by atoms with Crippen LogP contribution in [0.2, 0.25) is 0 Å². The molecule has 0 aliphatic heterocycles. The summed E-state index contributed by atoms with van der Waals surface area (Å²) in [5, 5.41) is 5.15. The van der Waals surface area contributed by atoms with E-state index in [0.717, 1.165) is 16.0 Å². The zero-order valence-corrected chi connectivity index (χ0v) is 9.98. The van der Waals surface area contributed by atoms with E-state index in [9.17, 15) is 0 Å². The molecule has 0 spiro atoms. The molecule has 0 radical (unpaired) electrons. The molecule has 0 bridgehead atoms. The van der Waals surface area contributed by atoms with Crippen LogP contribution in [0.1, 0.15) is 11.3 Å². The van der Waals surface area contributed by atoms with Crippen LogP contribution in [-0.4, -0.2) is 4.98 Å². The number of hydrogen-bond donors (Lipinski definition) is 1. The largest absolute Gasteiger partial charge is 0.432 e. The number of oxazole rings is 1. The smallest absolute Gasteiger partial charge is 0.294 e. The van der Waals surface area contributed by atoms with E-state index in [0.29, 0.717) is 6.01 Å². The van der Waals surface area contributed by atoms with E-state index in [4.69, 9.17) is 4.42 Å². The highest BCUT2D eigenvalue weighted by Crippen LogP contribution is 2.24. The summed E-state index contributed by atoms with van der Waals surface area (Å²) in [6.07, 6.45) is 1.63. The van der Waals surface area contributed by atoms with Gasteiger partial charge in [0.1, 0.15) is 6.26 Å². The number of aryl methyl sites for hydroxylation is 1. The summed E-state index contributed by atoms with van der Waals surface area (Å²) in [5.74, 6) is 0. The monoisotopic (exact) mass is 272 g/mol. The van der Waals surface area contributed by atoms with Crippen molar-refractivity contribution in [1.29, 1.82) is 0 Å². The molecule has 3 nitrogen and oxygen atoms in total. The zero-order chi connectivity index (χ0) is 9.97. The summed E-state index contributed by atoms with van der Waals surface area (Å²) >= 11 is 5.14. The lowest BCUT2D eigenvalue weighted by Gasteiger charge is -1.99. The molecule has 14 heavy (non-hydrogen) atoms. The minimum Gasteiger partial charge on any atom is -0.432 e. The minimum atomic E-state index is 0.570. The molecular weight excluding hydrogens is 264 g/mol. The number of hydrogen-bond acceptors (Lipinski definition) is 4. The number of nitrogens with zero attached hydrogens (tertiary/aromatic N) is 1. The molecule has 5 heteroatoms. The van der Waals surface area contributed by atoms with Gasteiger partial charge >= 0.3 is 0 Å². The van der Waals surface area contributed by atoms with Gasteiger partial charge in [0.15, 0.2) is 0 Å². The maximum atomic E-state index is 5.17. The van der Waals surface area contributed by atoms with Crippen molar-refractivity contribution in [3.63, 3.8) is 0 Å². The van der Waals surface area contributed by atoms with Crippen LogP contribution in [0.25, 0.3) is 0 Å². The summed E-state index contributed by atoms with van der Waals surface area (Å²) in [6, 6.07) is 2.64.